The Morgan fingerprint density at radius 1 is 1.00 bits per heavy atom. The van der Waals surface area contributed by atoms with Gasteiger partial charge in [0.15, 0.2) is 0 Å². The molecule has 1 aromatic carbocycles. The fourth-order valence-corrected chi connectivity index (χ4v) is 2.46. The first-order valence-electron chi connectivity index (χ1n) is 7.47. The number of rotatable bonds is 2. The quantitative estimate of drug-likeness (QED) is 0.683. The van der Waals surface area contributed by atoms with Gasteiger partial charge in [-0.2, -0.15) is 0 Å². The maximum absolute atomic E-state index is 6.21. The fourth-order valence-electron chi connectivity index (χ4n) is 2.46. The molecule has 0 bridgehead atoms. The van der Waals surface area contributed by atoms with Gasteiger partial charge in [0, 0.05) is 17.4 Å². The molecule has 4 nitrogen and oxygen atoms in total. The summed E-state index contributed by atoms with van der Waals surface area (Å²) in [6.07, 6.45) is 1.76. The Balaban J connectivity index is 1.91. The predicted octanol–water partition coefficient (Wildman–Crippen LogP) is 2.63. The summed E-state index contributed by atoms with van der Waals surface area (Å²) in [6.45, 7) is 8.16. The second kappa shape index (κ2) is 5.11. The smallest absolute Gasteiger partial charge is 0.399 e. The molecule has 0 amide bonds. The van der Waals surface area contributed by atoms with Crippen LogP contribution in [0.2, 0.25) is 0 Å². The van der Waals surface area contributed by atoms with E-state index in [9.17, 15) is 0 Å². The first-order chi connectivity index (χ1) is 10.3. The normalized spacial score (nSPS) is 19.4. The summed E-state index contributed by atoms with van der Waals surface area (Å²) in [6, 6.07) is 11.6. The van der Waals surface area contributed by atoms with Gasteiger partial charge in [-0.05, 0) is 51.4 Å². The largest absolute Gasteiger partial charge is 0.494 e. The summed E-state index contributed by atoms with van der Waals surface area (Å²) in [5, 5.41) is 0. The molecular weight excluding hydrogens is 275 g/mol. The summed E-state index contributed by atoms with van der Waals surface area (Å²) in [7, 11) is -0.398. The van der Waals surface area contributed by atoms with Crippen molar-refractivity contribution in [3.05, 3.63) is 42.6 Å². The van der Waals surface area contributed by atoms with Crippen LogP contribution >= 0.6 is 0 Å². The molecule has 1 aliphatic heterocycles. The van der Waals surface area contributed by atoms with Gasteiger partial charge in [0.25, 0.3) is 0 Å². The van der Waals surface area contributed by atoms with E-state index in [0.717, 1.165) is 16.7 Å². The van der Waals surface area contributed by atoms with Crippen LogP contribution in [0.1, 0.15) is 27.7 Å². The Morgan fingerprint density at radius 2 is 1.68 bits per heavy atom. The molecule has 1 fully saturated rings. The Kier molecular flexibility index (Phi) is 3.50. The molecule has 114 valence electrons. The Labute approximate surface area is 131 Å². The van der Waals surface area contributed by atoms with E-state index < -0.39 is 7.12 Å². The fraction of sp³-hybridized carbons (Fsp3) is 0.353. The summed E-state index contributed by atoms with van der Waals surface area (Å²) >= 11 is 0. The van der Waals surface area contributed by atoms with Gasteiger partial charge in [-0.3, -0.25) is 4.98 Å². The number of hydrogen-bond acceptors (Lipinski definition) is 4. The van der Waals surface area contributed by atoms with Gasteiger partial charge in [-0.15, -0.1) is 0 Å². The Hall–Kier alpha value is -1.85. The second-order valence-electron chi connectivity index (χ2n) is 6.65. The third-order valence-corrected chi connectivity index (χ3v) is 4.54. The van der Waals surface area contributed by atoms with Crippen LogP contribution in [0.25, 0.3) is 11.3 Å². The molecule has 2 heterocycles. The van der Waals surface area contributed by atoms with Crippen LogP contribution in [0, 0.1) is 0 Å². The molecule has 1 aromatic heterocycles. The van der Waals surface area contributed by atoms with Crippen LogP contribution in [-0.2, 0) is 9.31 Å². The van der Waals surface area contributed by atoms with Gasteiger partial charge < -0.3 is 15.0 Å². The molecule has 2 aromatic rings. The molecule has 5 heteroatoms. The van der Waals surface area contributed by atoms with E-state index in [4.69, 9.17) is 15.0 Å². The lowest BCUT2D eigenvalue weighted by molar-refractivity contribution is 0.00578. The molecular formula is C17H21BN2O2. The zero-order valence-corrected chi connectivity index (χ0v) is 13.5. The van der Waals surface area contributed by atoms with Gasteiger partial charge in [-0.1, -0.05) is 18.2 Å². The van der Waals surface area contributed by atoms with E-state index in [2.05, 4.69) is 4.98 Å². The van der Waals surface area contributed by atoms with Gasteiger partial charge in [0.2, 0.25) is 0 Å². The van der Waals surface area contributed by atoms with Gasteiger partial charge in [-0.25, -0.2) is 0 Å². The van der Waals surface area contributed by atoms with E-state index in [-0.39, 0.29) is 11.2 Å². The highest BCUT2D eigenvalue weighted by molar-refractivity contribution is 6.62. The molecule has 0 saturated carbocycles. The van der Waals surface area contributed by atoms with Crippen molar-refractivity contribution in [2.75, 3.05) is 5.73 Å². The third-order valence-electron chi connectivity index (χ3n) is 4.54. The lowest BCUT2D eigenvalue weighted by atomic mass is 9.78. The average molecular weight is 296 g/mol. The SMILES string of the molecule is CC1(C)OB(c2ccc(-c3ccccn3)c(N)c2)OC1(C)C. The highest BCUT2D eigenvalue weighted by Crippen LogP contribution is 2.36. The summed E-state index contributed by atoms with van der Waals surface area (Å²) in [5.41, 5.74) is 8.87. The maximum atomic E-state index is 6.21. The molecule has 22 heavy (non-hydrogen) atoms. The molecule has 0 unspecified atom stereocenters. The monoisotopic (exact) mass is 296 g/mol. The van der Waals surface area contributed by atoms with E-state index in [1.54, 1.807) is 6.20 Å². The van der Waals surface area contributed by atoms with E-state index in [0.29, 0.717) is 5.69 Å². The topological polar surface area (TPSA) is 57.4 Å². The van der Waals surface area contributed by atoms with Crippen molar-refractivity contribution < 1.29 is 9.31 Å². The van der Waals surface area contributed by atoms with Crippen LogP contribution in [0.15, 0.2) is 42.6 Å². The van der Waals surface area contributed by atoms with Crippen LogP contribution in [0.3, 0.4) is 0 Å². The van der Waals surface area contributed by atoms with E-state index in [1.807, 2.05) is 64.1 Å². The van der Waals surface area contributed by atoms with Crippen LogP contribution in [0.5, 0.6) is 0 Å². The number of pyridine rings is 1. The highest BCUT2D eigenvalue weighted by Gasteiger charge is 2.51. The number of nitrogens with zero attached hydrogens (tertiary/aromatic N) is 1. The summed E-state index contributed by atoms with van der Waals surface area (Å²) in [4.78, 5) is 4.34. The van der Waals surface area contributed by atoms with Crippen molar-refractivity contribution in [2.24, 2.45) is 0 Å². The van der Waals surface area contributed by atoms with Gasteiger partial charge in [0.05, 0.1) is 16.9 Å². The number of hydrogen-bond donors (Lipinski definition) is 1. The summed E-state index contributed by atoms with van der Waals surface area (Å²) in [5.74, 6) is 0. The maximum Gasteiger partial charge on any atom is 0.494 e. The van der Waals surface area contributed by atoms with Crippen molar-refractivity contribution in [3.8, 4) is 11.3 Å². The van der Waals surface area contributed by atoms with Crippen molar-refractivity contribution in [2.45, 2.75) is 38.9 Å². The zero-order valence-electron chi connectivity index (χ0n) is 13.5. The molecule has 0 aliphatic carbocycles. The number of benzene rings is 1. The minimum absolute atomic E-state index is 0.355. The lowest BCUT2D eigenvalue weighted by Gasteiger charge is -2.32. The third kappa shape index (κ3) is 2.51. The Bertz CT molecular complexity index is 670. The summed E-state index contributed by atoms with van der Waals surface area (Å²) < 4.78 is 12.1. The van der Waals surface area contributed by atoms with Crippen molar-refractivity contribution in [1.29, 1.82) is 0 Å². The first-order valence-corrected chi connectivity index (χ1v) is 7.47. The lowest BCUT2D eigenvalue weighted by Crippen LogP contribution is -2.41. The van der Waals surface area contributed by atoms with Crippen LogP contribution in [-0.4, -0.2) is 23.3 Å². The molecule has 3 rings (SSSR count). The average Bonchev–Trinajstić information content (AvgIpc) is 2.68. The Morgan fingerprint density at radius 3 is 2.23 bits per heavy atom. The minimum Gasteiger partial charge on any atom is -0.399 e. The number of anilines is 1. The molecule has 1 aliphatic rings. The predicted molar refractivity (Wildman–Crippen MR) is 89.8 cm³/mol. The van der Waals surface area contributed by atoms with Crippen molar-refractivity contribution in [3.63, 3.8) is 0 Å². The van der Waals surface area contributed by atoms with Crippen LogP contribution < -0.4 is 11.2 Å². The molecule has 0 spiro atoms. The molecule has 0 atom stereocenters. The van der Waals surface area contributed by atoms with Gasteiger partial charge >= 0.3 is 7.12 Å². The molecule has 2 N–H and O–H groups in total. The number of aromatic nitrogens is 1. The minimum atomic E-state index is -0.398. The van der Waals surface area contributed by atoms with Gasteiger partial charge in [0.1, 0.15) is 0 Å². The second-order valence-corrected chi connectivity index (χ2v) is 6.65. The van der Waals surface area contributed by atoms with Crippen molar-refractivity contribution >= 4 is 18.3 Å². The molecule has 0 radical (unpaired) electrons. The standard InChI is InChI=1S/C17H21BN2O2/c1-16(2)17(3,4)22-18(21-16)12-8-9-13(14(19)11-12)15-7-5-6-10-20-15/h5-11H,19H2,1-4H3. The first kappa shape index (κ1) is 15.1. The van der Waals surface area contributed by atoms with E-state index >= 15 is 0 Å². The van der Waals surface area contributed by atoms with Crippen LogP contribution in [0.4, 0.5) is 5.69 Å². The number of nitrogen functional groups attached to an aromatic ring is 1. The van der Waals surface area contributed by atoms with Crippen molar-refractivity contribution in [1.82, 2.24) is 4.98 Å². The van der Waals surface area contributed by atoms with E-state index in [1.165, 1.54) is 0 Å². The number of nitrogens with two attached hydrogens (primary N) is 1. The highest BCUT2D eigenvalue weighted by atomic mass is 16.7. The zero-order chi connectivity index (χ0) is 16.0. The molecule has 1 saturated heterocycles.